The van der Waals surface area contributed by atoms with Crippen molar-refractivity contribution in [1.29, 1.82) is 0 Å². The lowest BCUT2D eigenvalue weighted by atomic mass is 10.0. The summed E-state index contributed by atoms with van der Waals surface area (Å²) in [6.45, 7) is 7.80. The SMILES string of the molecule is CCN1CCCCC1C1NCC(C)O1. The van der Waals surface area contributed by atoms with E-state index in [1.165, 1.54) is 25.8 Å². The third kappa shape index (κ3) is 2.10. The Bertz CT molecular complexity index is 186. The molecule has 0 aromatic heterocycles. The van der Waals surface area contributed by atoms with Crippen LogP contribution in [0.3, 0.4) is 0 Å². The molecule has 0 aromatic rings. The summed E-state index contributed by atoms with van der Waals surface area (Å²) in [6, 6.07) is 0.610. The minimum absolute atomic E-state index is 0.283. The fraction of sp³-hybridized carbons (Fsp3) is 1.00. The van der Waals surface area contributed by atoms with Gasteiger partial charge in [-0.15, -0.1) is 0 Å². The van der Waals surface area contributed by atoms with Gasteiger partial charge in [0.05, 0.1) is 6.10 Å². The third-order valence-electron chi connectivity index (χ3n) is 3.41. The summed E-state index contributed by atoms with van der Waals surface area (Å²) < 4.78 is 5.88. The van der Waals surface area contributed by atoms with E-state index in [-0.39, 0.29) is 6.23 Å². The zero-order chi connectivity index (χ0) is 9.97. The molecule has 0 aliphatic carbocycles. The van der Waals surface area contributed by atoms with E-state index in [0.29, 0.717) is 12.1 Å². The maximum Gasteiger partial charge on any atom is 0.124 e. The number of rotatable bonds is 2. The number of ether oxygens (including phenoxy) is 1. The van der Waals surface area contributed by atoms with Crippen molar-refractivity contribution in [2.24, 2.45) is 0 Å². The van der Waals surface area contributed by atoms with Gasteiger partial charge in [-0.3, -0.25) is 10.2 Å². The molecule has 0 spiro atoms. The molecule has 82 valence electrons. The van der Waals surface area contributed by atoms with Crippen molar-refractivity contribution in [1.82, 2.24) is 10.2 Å². The minimum Gasteiger partial charge on any atom is -0.357 e. The molecular formula is C11H22N2O. The van der Waals surface area contributed by atoms with Crippen LogP contribution in [0.25, 0.3) is 0 Å². The lowest BCUT2D eigenvalue weighted by Crippen LogP contribution is -2.50. The van der Waals surface area contributed by atoms with Crippen LogP contribution in [0, 0.1) is 0 Å². The quantitative estimate of drug-likeness (QED) is 0.721. The second-order valence-electron chi connectivity index (χ2n) is 4.47. The zero-order valence-corrected chi connectivity index (χ0v) is 9.33. The van der Waals surface area contributed by atoms with Crippen LogP contribution in [0.5, 0.6) is 0 Å². The van der Waals surface area contributed by atoms with Gasteiger partial charge in [0.15, 0.2) is 0 Å². The maximum atomic E-state index is 5.88. The summed E-state index contributed by atoms with van der Waals surface area (Å²) in [7, 11) is 0. The van der Waals surface area contributed by atoms with Crippen LogP contribution < -0.4 is 5.32 Å². The highest BCUT2D eigenvalue weighted by molar-refractivity contribution is 4.86. The van der Waals surface area contributed by atoms with Crippen LogP contribution in [0.1, 0.15) is 33.1 Å². The monoisotopic (exact) mass is 198 g/mol. The molecule has 0 radical (unpaired) electrons. The van der Waals surface area contributed by atoms with Crippen LogP contribution in [-0.2, 0) is 4.74 Å². The number of piperidine rings is 1. The van der Waals surface area contributed by atoms with E-state index in [0.717, 1.165) is 13.1 Å². The lowest BCUT2D eigenvalue weighted by molar-refractivity contribution is -0.0253. The first kappa shape index (κ1) is 10.4. The zero-order valence-electron chi connectivity index (χ0n) is 9.33. The van der Waals surface area contributed by atoms with Gasteiger partial charge in [-0.1, -0.05) is 13.3 Å². The van der Waals surface area contributed by atoms with Crippen LogP contribution in [0.15, 0.2) is 0 Å². The number of nitrogens with zero attached hydrogens (tertiary/aromatic N) is 1. The summed E-state index contributed by atoms with van der Waals surface area (Å²) in [5.41, 5.74) is 0. The first-order valence-electron chi connectivity index (χ1n) is 5.94. The molecular weight excluding hydrogens is 176 g/mol. The van der Waals surface area contributed by atoms with Crippen molar-refractivity contribution < 1.29 is 4.74 Å². The molecule has 0 saturated carbocycles. The van der Waals surface area contributed by atoms with Gasteiger partial charge in [0.25, 0.3) is 0 Å². The molecule has 2 heterocycles. The minimum atomic E-state index is 0.283. The first-order chi connectivity index (χ1) is 6.81. The molecule has 1 N–H and O–H groups in total. The van der Waals surface area contributed by atoms with Gasteiger partial charge in [-0.25, -0.2) is 0 Å². The van der Waals surface area contributed by atoms with Crippen LogP contribution in [0.4, 0.5) is 0 Å². The van der Waals surface area contributed by atoms with Gasteiger partial charge in [-0.05, 0) is 32.9 Å². The molecule has 3 unspecified atom stereocenters. The molecule has 2 saturated heterocycles. The highest BCUT2D eigenvalue weighted by atomic mass is 16.5. The van der Waals surface area contributed by atoms with Gasteiger partial charge in [0.1, 0.15) is 6.23 Å². The Morgan fingerprint density at radius 2 is 2.29 bits per heavy atom. The van der Waals surface area contributed by atoms with E-state index >= 15 is 0 Å². The van der Waals surface area contributed by atoms with Crippen molar-refractivity contribution in [2.75, 3.05) is 19.6 Å². The third-order valence-corrected chi connectivity index (χ3v) is 3.41. The van der Waals surface area contributed by atoms with Gasteiger partial charge in [0, 0.05) is 12.6 Å². The number of hydrogen-bond donors (Lipinski definition) is 1. The molecule has 3 nitrogen and oxygen atoms in total. The van der Waals surface area contributed by atoms with E-state index < -0.39 is 0 Å². The predicted molar refractivity (Wildman–Crippen MR) is 57.2 cm³/mol. The van der Waals surface area contributed by atoms with E-state index in [1.54, 1.807) is 0 Å². The largest absolute Gasteiger partial charge is 0.357 e. The second kappa shape index (κ2) is 4.60. The molecule has 0 amide bonds. The average molecular weight is 198 g/mol. The molecule has 2 aliphatic heterocycles. The highest BCUT2D eigenvalue weighted by Gasteiger charge is 2.33. The number of likely N-dealkylation sites (tertiary alicyclic amines) is 1. The molecule has 14 heavy (non-hydrogen) atoms. The van der Waals surface area contributed by atoms with Crippen molar-refractivity contribution in [3.8, 4) is 0 Å². The Hall–Kier alpha value is -0.120. The van der Waals surface area contributed by atoms with Crippen molar-refractivity contribution in [2.45, 2.75) is 51.5 Å². The Labute approximate surface area is 86.8 Å². The smallest absolute Gasteiger partial charge is 0.124 e. The molecule has 0 bridgehead atoms. The van der Waals surface area contributed by atoms with Crippen molar-refractivity contribution in [3.05, 3.63) is 0 Å². The summed E-state index contributed by atoms with van der Waals surface area (Å²) in [4.78, 5) is 2.55. The van der Waals surface area contributed by atoms with E-state index in [1.807, 2.05) is 0 Å². The highest BCUT2D eigenvalue weighted by Crippen LogP contribution is 2.22. The average Bonchev–Trinajstić information content (AvgIpc) is 2.65. The fourth-order valence-electron chi connectivity index (χ4n) is 2.61. The molecule has 3 atom stereocenters. The van der Waals surface area contributed by atoms with Gasteiger partial charge >= 0.3 is 0 Å². The van der Waals surface area contributed by atoms with Crippen molar-refractivity contribution >= 4 is 0 Å². The Kier molecular flexibility index (Phi) is 3.42. The predicted octanol–water partition coefficient (Wildman–Crippen LogP) is 1.20. The first-order valence-corrected chi connectivity index (χ1v) is 5.94. The standard InChI is InChI=1S/C11H22N2O/c1-3-13-7-5-4-6-10(13)11-12-8-9(2)14-11/h9-12H,3-8H2,1-2H3. The van der Waals surface area contributed by atoms with E-state index in [4.69, 9.17) is 4.74 Å². The topological polar surface area (TPSA) is 24.5 Å². The normalized spacial score (nSPS) is 40.3. The Balaban J connectivity index is 1.93. The number of hydrogen-bond acceptors (Lipinski definition) is 3. The van der Waals surface area contributed by atoms with Crippen molar-refractivity contribution in [3.63, 3.8) is 0 Å². The molecule has 2 rings (SSSR count). The Morgan fingerprint density at radius 1 is 1.43 bits per heavy atom. The molecule has 2 aliphatic rings. The maximum absolute atomic E-state index is 5.88. The molecule has 3 heteroatoms. The summed E-state index contributed by atoms with van der Waals surface area (Å²) in [5, 5.41) is 3.48. The Morgan fingerprint density at radius 3 is 2.93 bits per heavy atom. The van der Waals surface area contributed by atoms with Gasteiger partial charge < -0.3 is 4.74 Å². The molecule has 2 fully saturated rings. The van der Waals surface area contributed by atoms with E-state index in [9.17, 15) is 0 Å². The number of nitrogens with one attached hydrogen (secondary N) is 1. The van der Waals surface area contributed by atoms with Gasteiger partial charge in [-0.2, -0.15) is 0 Å². The lowest BCUT2D eigenvalue weighted by Gasteiger charge is -2.37. The van der Waals surface area contributed by atoms with Crippen LogP contribution in [-0.4, -0.2) is 42.9 Å². The summed E-state index contributed by atoms with van der Waals surface area (Å²) in [6.07, 6.45) is 4.67. The second-order valence-corrected chi connectivity index (χ2v) is 4.47. The summed E-state index contributed by atoms with van der Waals surface area (Å²) in [5.74, 6) is 0. The molecule has 0 aromatic carbocycles. The fourth-order valence-corrected chi connectivity index (χ4v) is 2.61. The number of likely N-dealkylation sites (N-methyl/N-ethyl adjacent to an activating group) is 1. The summed E-state index contributed by atoms with van der Waals surface area (Å²) >= 11 is 0. The van der Waals surface area contributed by atoms with Crippen LogP contribution >= 0.6 is 0 Å². The van der Waals surface area contributed by atoms with E-state index in [2.05, 4.69) is 24.1 Å². The van der Waals surface area contributed by atoms with Gasteiger partial charge in [0.2, 0.25) is 0 Å². The van der Waals surface area contributed by atoms with Crippen LogP contribution in [0.2, 0.25) is 0 Å².